The Labute approximate surface area is 118 Å². The van der Waals surface area contributed by atoms with E-state index in [1.165, 1.54) is 18.2 Å². The molecule has 0 aliphatic carbocycles. The summed E-state index contributed by atoms with van der Waals surface area (Å²) in [6, 6.07) is 4.23. The SMILES string of the molecule is CCC(CC)N(CCO)C(=O)c1cccc(F)c1NN. The van der Waals surface area contributed by atoms with Gasteiger partial charge in [0.1, 0.15) is 5.82 Å². The van der Waals surface area contributed by atoms with E-state index in [0.29, 0.717) is 0 Å². The smallest absolute Gasteiger partial charge is 0.256 e. The molecule has 0 spiro atoms. The van der Waals surface area contributed by atoms with Crippen molar-refractivity contribution >= 4 is 11.6 Å². The minimum absolute atomic E-state index is 0.00328. The number of nitrogen functional groups attached to an aromatic ring is 1. The number of carbonyl (C=O) groups excluding carboxylic acids is 1. The van der Waals surface area contributed by atoms with Crippen LogP contribution in [0.1, 0.15) is 37.0 Å². The summed E-state index contributed by atoms with van der Waals surface area (Å²) in [5, 5.41) is 9.15. The van der Waals surface area contributed by atoms with Crippen molar-refractivity contribution in [2.75, 3.05) is 18.6 Å². The van der Waals surface area contributed by atoms with E-state index in [2.05, 4.69) is 5.43 Å². The molecule has 1 aromatic carbocycles. The van der Waals surface area contributed by atoms with Crippen LogP contribution in [0.2, 0.25) is 0 Å². The van der Waals surface area contributed by atoms with Crippen LogP contribution < -0.4 is 11.3 Å². The van der Waals surface area contributed by atoms with Crippen LogP contribution in [0.4, 0.5) is 10.1 Å². The van der Waals surface area contributed by atoms with E-state index in [1.807, 2.05) is 13.8 Å². The molecule has 5 nitrogen and oxygen atoms in total. The molecule has 20 heavy (non-hydrogen) atoms. The number of nitrogens with zero attached hydrogens (tertiary/aromatic N) is 1. The minimum Gasteiger partial charge on any atom is -0.395 e. The van der Waals surface area contributed by atoms with Gasteiger partial charge in [-0.2, -0.15) is 0 Å². The summed E-state index contributed by atoms with van der Waals surface area (Å²) in [6.45, 7) is 4.02. The Balaban J connectivity index is 3.15. The molecule has 112 valence electrons. The van der Waals surface area contributed by atoms with Crippen LogP contribution in [0, 0.1) is 5.82 Å². The zero-order valence-corrected chi connectivity index (χ0v) is 11.9. The molecule has 0 fully saturated rings. The van der Waals surface area contributed by atoms with Gasteiger partial charge in [0.2, 0.25) is 0 Å². The number of rotatable bonds is 7. The second-order valence-electron chi connectivity index (χ2n) is 4.50. The zero-order chi connectivity index (χ0) is 15.1. The lowest BCUT2D eigenvalue weighted by Gasteiger charge is -2.30. The number of benzene rings is 1. The molecule has 0 atom stereocenters. The monoisotopic (exact) mass is 283 g/mol. The summed E-state index contributed by atoms with van der Waals surface area (Å²) in [5.41, 5.74) is 2.38. The number of para-hydroxylation sites is 1. The molecule has 4 N–H and O–H groups in total. The van der Waals surface area contributed by atoms with Crippen LogP contribution in [0.5, 0.6) is 0 Å². The van der Waals surface area contributed by atoms with Gasteiger partial charge in [0, 0.05) is 12.6 Å². The van der Waals surface area contributed by atoms with Crippen LogP contribution in [-0.2, 0) is 0 Å². The Morgan fingerprint density at radius 1 is 1.45 bits per heavy atom. The standard InChI is InChI=1S/C14H22FN3O2/c1-3-10(4-2)18(8-9-19)14(20)11-6-5-7-12(15)13(11)17-16/h5-7,10,17,19H,3-4,8-9,16H2,1-2H3. The molecule has 6 heteroatoms. The summed E-state index contributed by atoms with van der Waals surface area (Å²) in [4.78, 5) is 14.1. The molecule has 0 saturated heterocycles. The normalized spacial score (nSPS) is 10.7. The van der Waals surface area contributed by atoms with Gasteiger partial charge in [-0.25, -0.2) is 4.39 Å². The Kier molecular flexibility index (Phi) is 6.41. The third-order valence-electron chi connectivity index (χ3n) is 3.37. The lowest BCUT2D eigenvalue weighted by molar-refractivity contribution is 0.0623. The topological polar surface area (TPSA) is 78.6 Å². The summed E-state index contributed by atoms with van der Waals surface area (Å²) in [7, 11) is 0. The number of anilines is 1. The average Bonchev–Trinajstić information content (AvgIpc) is 2.46. The largest absolute Gasteiger partial charge is 0.395 e. The molecule has 0 aromatic heterocycles. The third kappa shape index (κ3) is 3.46. The highest BCUT2D eigenvalue weighted by Gasteiger charge is 2.24. The molecule has 1 amide bonds. The van der Waals surface area contributed by atoms with Crippen LogP contribution in [0.3, 0.4) is 0 Å². The molecule has 1 aromatic rings. The first-order chi connectivity index (χ1) is 9.60. The summed E-state index contributed by atoms with van der Waals surface area (Å²) >= 11 is 0. The van der Waals surface area contributed by atoms with Gasteiger partial charge in [-0.1, -0.05) is 19.9 Å². The zero-order valence-electron chi connectivity index (χ0n) is 11.9. The van der Waals surface area contributed by atoms with Crippen molar-refractivity contribution in [3.05, 3.63) is 29.6 Å². The molecule has 1 rings (SSSR count). The minimum atomic E-state index is -0.577. The summed E-state index contributed by atoms with van der Waals surface area (Å²) in [6.07, 6.45) is 1.53. The number of hydrogen-bond donors (Lipinski definition) is 3. The number of nitrogens with two attached hydrogens (primary N) is 1. The first-order valence-corrected chi connectivity index (χ1v) is 6.77. The van der Waals surface area contributed by atoms with Crippen molar-refractivity contribution in [3.8, 4) is 0 Å². The maximum Gasteiger partial charge on any atom is 0.256 e. The fraction of sp³-hybridized carbons (Fsp3) is 0.500. The first-order valence-electron chi connectivity index (χ1n) is 6.77. The fourth-order valence-corrected chi connectivity index (χ4v) is 2.29. The molecule has 0 radical (unpaired) electrons. The third-order valence-corrected chi connectivity index (χ3v) is 3.37. The van der Waals surface area contributed by atoms with Crippen molar-refractivity contribution in [1.82, 2.24) is 4.90 Å². The second-order valence-corrected chi connectivity index (χ2v) is 4.50. The van der Waals surface area contributed by atoms with Crippen molar-refractivity contribution < 1.29 is 14.3 Å². The van der Waals surface area contributed by atoms with Crippen molar-refractivity contribution in [3.63, 3.8) is 0 Å². The quantitative estimate of drug-likeness (QED) is 0.526. The number of aliphatic hydroxyl groups excluding tert-OH is 1. The van der Waals surface area contributed by atoms with Crippen LogP contribution >= 0.6 is 0 Å². The van der Waals surface area contributed by atoms with Gasteiger partial charge in [-0.3, -0.25) is 10.6 Å². The predicted octanol–water partition coefficient (Wildman–Crippen LogP) is 1.73. The van der Waals surface area contributed by atoms with E-state index < -0.39 is 5.82 Å². The van der Waals surface area contributed by atoms with Crippen molar-refractivity contribution in [1.29, 1.82) is 0 Å². The Hall–Kier alpha value is -1.66. The summed E-state index contributed by atoms with van der Waals surface area (Å²) in [5.74, 6) is 4.38. The molecule has 0 saturated carbocycles. The maximum atomic E-state index is 13.7. The highest BCUT2D eigenvalue weighted by atomic mass is 19.1. The highest BCUT2D eigenvalue weighted by molar-refractivity contribution is 5.99. The van der Waals surface area contributed by atoms with Gasteiger partial charge in [0.25, 0.3) is 5.91 Å². The molecule has 0 unspecified atom stereocenters. The van der Waals surface area contributed by atoms with Crippen molar-refractivity contribution in [2.24, 2.45) is 5.84 Å². The van der Waals surface area contributed by atoms with Crippen molar-refractivity contribution in [2.45, 2.75) is 32.7 Å². The number of carbonyl (C=O) groups is 1. The number of hydrazine groups is 1. The first kappa shape index (κ1) is 16.4. The maximum absolute atomic E-state index is 13.7. The number of halogens is 1. The number of hydrogen-bond acceptors (Lipinski definition) is 4. The van der Waals surface area contributed by atoms with E-state index in [9.17, 15) is 9.18 Å². The van der Waals surface area contributed by atoms with E-state index in [0.717, 1.165) is 12.8 Å². The van der Waals surface area contributed by atoms with E-state index in [4.69, 9.17) is 10.9 Å². The van der Waals surface area contributed by atoms with Gasteiger partial charge in [-0.15, -0.1) is 0 Å². The average molecular weight is 283 g/mol. The number of aliphatic hydroxyl groups is 1. The van der Waals surface area contributed by atoms with Crippen LogP contribution in [-0.4, -0.2) is 35.1 Å². The van der Waals surface area contributed by atoms with E-state index >= 15 is 0 Å². The summed E-state index contributed by atoms with van der Waals surface area (Å²) < 4.78 is 13.7. The molecule has 0 heterocycles. The van der Waals surface area contributed by atoms with Crippen LogP contribution in [0.25, 0.3) is 0 Å². The lowest BCUT2D eigenvalue weighted by atomic mass is 10.1. The van der Waals surface area contributed by atoms with E-state index in [-0.39, 0.29) is 36.4 Å². The fourth-order valence-electron chi connectivity index (χ4n) is 2.29. The molecule has 0 aliphatic heterocycles. The molecule has 0 aliphatic rings. The Morgan fingerprint density at radius 3 is 2.60 bits per heavy atom. The Bertz CT molecular complexity index is 450. The van der Waals surface area contributed by atoms with Gasteiger partial charge in [0.05, 0.1) is 17.9 Å². The number of amides is 1. The van der Waals surface area contributed by atoms with Gasteiger partial charge < -0.3 is 15.4 Å². The predicted molar refractivity (Wildman–Crippen MR) is 76.7 cm³/mol. The van der Waals surface area contributed by atoms with Crippen LogP contribution in [0.15, 0.2) is 18.2 Å². The lowest BCUT2D eigenvalue weighted by Crippen LogP contribution is -2.42. The molecule has 0 bridgehead atoms. The van der Waals surface area contributed by atoms with E-state index in [1.54, 1.807) is 4.90 Å². The second kappa shape index (κ2) is 7.81. The Morgan fingerprint density at radius 2 is 2.10 bits per heavy atom. The van der Waals surface area contributed by atoms with Gasteiger partial charge in [-0.05, 0) is 25.0 Å². The molecular formula is C14H22FN3O2. The number of nitrogens with one attached hydrogen (secondary N) is 1. The van der Waals surface area contributed by atoms with Gasteiger partial charge >= 0.3 is 0 Å². The van der Waals surface area contributed by atoms with Gasteiger partial charge in [0.15, 0.2) is 0 Å². The highest BCUT2D eigenvalue weighted by Crippen LogP contribution is 2.22. The molecular weight excluding hydrogens is 261 g/mol.